The molecule has 0 bridgehead atoms. The van der Waals surface area contributed by atoms with E-state index in [4.69, 9.17) is 0 Å². The van der Waals surface area contributed by atoms with Crippen molar-refractivity contribution < 1.29 is 4.79 Å². The van der Waals surface area contributed by atoms with Crippen LogP contribution in [0.2, 0.25) is 0 Å². The van der Waals surface area contributed by atoms with Crippen molar-refractivity contribution in [3.05, 3.63) is 42.2 Å². The molecule has 16 heavy (non-hydrogen) atoms. The van der Waals surface area contributed by atoms with Gasteiger partial charge in [-0.15, -0.1) is 0 Å². The lowest BCUT2D eigenvalue weighted by molar-refractivity contribution is 0.0952. The third kappa shape index (κ3) is 1.99. The standard InChI is InChI=1S/C13H16N2O/c1-3-14-10(2)13(16)11-8-12-6-4-5-7-15(12)9-11/h4-10,14H,3H2,1-2H3. The summed E-state index contributed by atoms with van der Waals surface area (Å²) in [5.74, 6) is 0.144. The first kappa shape index (κ1) is 10.9. The second-order valence-corrected chi connectivity index (χ2v) is 3.91. The molecule has 2 aromatic heterocycles. The van der Waals surface area contributed by atoms with E-state index in [0.717, 1.165) is 17.6 Å². The van der Waals surface area contributed by atoms with Crippen molar-refractivity contribution in [2.24, 2.45) is 0 Å². The monoisotopic (exact) mass is 216 g/mol. The molecule has 0 radical (unpaired) electrons. The highest BCUT2D eigenvalue weighted by atomic mass is 16.1. The van der Waals surface area contributed by atoms with Gasteiger partial charge in [-0.05, 0) is 31.7 Å². The third-order valence-electron chi connectivity index (χ3n) is 2.69. The van der Waals surface area contributed by atoms with E-state index >= 15 is 0 Å². The van der Waals surface area contributed by atoms with Crippen molar-refractivity contribution in [3.8, 4) is 0 Å². The van der Waals surface area contributed by atoms with E-state index in [0.29, 0.717) is 0 Å². The zero-order valence-electron chi connectivity index (χ0n) is 9.60. The quantitative estimate of drug-likeness (QED) is 0.794. The van der Waals surface area contributed by atoms with Crippen LogP contribution in [0.25, 0.3) is 5.52 Å². The molecule has 0 aliphatic rings. The number of likely N-dealkylation sites (N-methyl/N-ethyl adjacent to an activating group) is 1. The van der Waals surface area contributed by atoms with E-state index < -0.39 is 0 Å². The maximum Gasteiger partial charge on any atom is 0.180 e. The van der Waals surface area contributed by atoms with Crippen LogP contribution in [0.15, 0.2) is 36.7 Å². The molecule has 0 spiro atoms. The molecule has 0 saturated heterocycles. The predicted molar refractivity (Wildman–Crippen MR) is 64.9 cm³/mol. The van der Waals surface area contributed by atoms with Crippen LogP contribution in [0.5, 0.6) is 0 Å². The van der Waals surface area contributed by atoms with Crippen molar-refractivity contribution in [3.63, 3.8) is 0 Å². The maximum atomic E-state index is 12.0. The Morgan fingerprint density at radius 3 is 3.00 bits per heavy atom. The molecule has 0 aromatic carbocycles. The van der Waals surface area contributed by atoms with E-state index in [-0.39, 0.29) is 11.8 Å². The second-order valence-electron chi connectivity index (χ2n) is 3.91. The summed E-state index contributed by atoms with van der Waals surface area (Å²) in [6, 6.07) is 7.72. The zero-order chi connectivity index (χ0) is 11.5. The van der Waals surface area contributed by atoms with Gasteiger partial charge in [0, 0.05) is 23.5 Å². The largest absolute Gasteiger partial charge is 0.323 e. The molecule has 2 heterocycles. The molecule has 1 N–H and O–H groups in total. The topological polar surface area (TPSA) is 33.5 Å². The number of fused-ring (bicyclic) bond motifs is 1. The van der Waals surface area contributed by atoms with E-state index in [1.54, 1.807) is 0 Å². The Labute approximate surface area is 95.1 Å². The molecule has 3 heteroatoms. The van der Waals surface area contributed by atoms with Crippen LogP contribution in [0.1, 0.15) is 24.2 Å². The summed E-state index contributed by atoms with van der Waals surface area (Å²) in [6.07, 6.45) is 3.83. The number of pyridine rings is 1. The lowest BCUT2D eigenvalue weighted by Crippen LogP contribution is -2.33. The van der Waals surface area contributed by atoms with Crippen LogP contribution in [0.3, 0.4) is 0 Å². The Bertz CT molecular complexity index is 468. The molecule has 0 fully saturated rings. The van der Waals surface area contributed by atoms with Crippen LogP contribution in [0.4, 0.5) is 0 Å². The summed E-state index contributed by atoms with van der Waals surface area (Å²) in [5.41, 5.74) is 1.81. The van der Waals surface area contributed by atoms with Crippen molar-refractivity contribution >= 4 is 11.3 Å². The van der Waals surface area contributed by atoms with Gasteiger partial charge in [0.1, 0.15) is 0 Å². The van der Waals surface area contributed by atoms with Crippen LogP contribution < -0.4 is 5.32 Å². The Morgan fingerprint density at radius 1 is 1.50 bits per heavy atom. The molecule has 3 nitrogen and oxygen atoms in total. The molecule has 0 aliphatic heterocycles. The number of carbonyl (C=O) groups excluding carboxylic acids is 1. The molecule has 0 saturated carbocycles. The summed E-state index contributed by atoms with van der Waals surface area (Å²) in [5, 5.41) is 3.13. The minimum Gasteiger partial charge on any atom is -0.323 e. The van der Waals surface area contributed by atoms with Crippen molar-refractivity contribution in [2.45, 2.75) is 19.9 Å². The number of nitrogens with zero attached hydrogens (tertiary/aromatic N) is 1. The van der Waals surface area contributed by atoms with Gasteiger partial charge in [0.25, 0.3) is 0 Å². The first-order valence-corrected chi connectivity index (χ1v) is 5.56. The highest BCUT2D eigenvalue weighted by molar-refractivity contribution is 6.00. The van der Waals surface area contributed by atoms with Gasteiger partial charge in [-0.1, -0.05) is 13.0 Å². The number of nitrogens with one attached hydrogen (secondary N) is 1. The highest BCUT2D eigenvalue weighted by Crippen LogP contribution is 2.11. The molecular weight excluding hydrogens is 200 g/mol. The Morgan fingerprint density at radius 2 is 2.31 bits per heavy atom. The van der Waals surface area contributed by atoms with Crippen molar-refractivity contribution in [2.75, 3.05) is 6.54 Å². The maximum absolute atomic E-state index is 12.0. The highest BCUT2D eigenvalue weighted by Gasteiger charge is 2.15. The van der Waals surface area contributed by atoms with Gasteiger partial charge in [0.2, 0.25) is 0 Å². The smallest absolute Gasteiger partial charge is 0.180 e. The fourth-order valence-electron chi connectivity index (χ4n) is 1.84. The molecule has 2 aromatic rings. The average Bonchev–Trinajstić information content (AvgIpc) is 2.71. The number of hydrogen-bond acceptors (Lipinski definition) is 2. The van der Waals surface area contributed by atoms with Gasteiger partial charge >= 0.3 is 0 Å². The lowest BCUT2D eigenvalue weighted by atomic mass is 10.1. The lowest BCUT2D eigenvalue weighted by Gasteiger charge is -2.08. The number of Topliss-reactive ketones (excluding diaryl/α,β-unsaturated/α-hetero) is 1. The zero-order valence-corrected chi connectivity index (χ0v) is 9.60. The van der Waals surface area contributed by atoms with Gasteiger partial charge in [-0.3, -0.25) is 4.79 Å². The predicted octanol–water partition coefficient (Wildman–Crippen LogP) is 2.12. The summed E-state index contributed by atoms with van der Waals surface area (Å²) < 4.78 is 1.96. The Kier molecular flexibility index (Phi) is 3.06. The van der Waals surface area contributed by atoms with Crippen LogP contribution in [-0.2, 0) is 0 Å². The van der Waals surface area contributed by atoms with Gasteiger partial charge in [-0.2, -0.15) is 0 Å². The first-order chi connectivity index (χ1) is 7.72. The minimum absolute atomic E-state index is 0.123. The minimum atomic E-state index is -0.123. The van der Waals surface area contributed by atoms with Crippen LogP contribution in [0, 0.1) is 0 Å². The SMILES string of the molecule is CCNC(C)C(=O)c1cc2ccccn2c1. The number of rotatable bonds is 4. The van der Waals surface area contributed by atoms with E-state index in [2.05, 4.69) is 5.32 Å². The average molecular weight is 216 g/mol. The molecular formula is C13H16N2O. The first-order valence-electron chi connectivity index (χ1n) is 5.56. The third-order valence-corrected chi connectivity index (χ3v) is 2.69. The molecule has 0 aliphatic carbocycles. The summed E-state index contributed by atoms with van der Waals surface area (Å²) in [7, 11) is 0. The van der Waals surface area contributed by atoms with Gasteiger partial charge in [-0.25, -0.2) is 0 Å². The van der Waals surface area contributed by atoms with Crippen molar-refractivity contribution in [1.29, 1.82) is 0 Å². The number of hydrogen-bond donors (Lipinski definition) is 1. The molecule has 1 atom stereocenters. The second kappa shape index (κ2) is 4.49. The molecule has 2 rings (SSSR count). The molecule has 84 valence electrons. The van der Waals surface area contributed by atoms with Gasteiger partial charge in [0.05, 0.1) is 6.04 Å². The molecule has 0 amide bonds. The van der Waals surface area contributed by atoms with Gasteiger partial charge in [0.15, 0.2) is 5.78 Å². The fraction of sp³-hybridized carbons (Fsp3) is 0.308. The number of carbonyl (C=O) groups is 1. The Hall–Kier alpha value is -1.61. The summed E-state index contributed by atoms with van der Waals surface area (Å²) in [4.78, 5) is 12.0. The van der Waals surface area contributed by atoms with Crippen LogP contribution >= 0.6 is 0 Å². The van der Waals surface area contributed by atoms with Gasteiger partial charge < -0.3 is 9.72 Å². The number of ketones is 1. The van der Waals surface area contributed by atoms with Crippen LogP contribution in [-0.4, -0.2) is 22.8 Å². The van der Waals surface area contributed by atoms with E-state index in [9.17, 15) is 4.79 Å². The Balaban J connectivity index is 2.29. The normalized spacial score (nSPS) is 12.9. The van der Waals surface area contributed by atoms with Crippen molar-refractivity contribution in [1.82, 2.24) is 9.72 Å². The van der Waals surface area contributed by atoms with E-state index in [1.165, 1.54) is 0 Å². The number of aromatic nitrogens is 1. The summed E-state index contributed by atoms with van der Waals surface area (Å²) >= 11 is 0. The summed E-state index contributed by atoms with van der Waals surface area (Å²) in [6.45, 7) is 4.70. The van der Waals surface area contributed by atoms with E-state index in [1.807, 2.05) is 54.9 Å². The molecule has 1 unspecified atom stereocenters. The fourth-order valence-corrected chi connectivity index (χ4v) is 1.84.